The predicted octanol–water partition coefficient (Wildman–Crippen LogP) is 3.25. The Kier molecular flexibility index (Phi) is 6.69. The minimum atomic E-state index is -0.484. The van der Waals surface area contributed by atoms with Crippen LogP contribution in [0.1, 0.15) is 26.4 Å². The number of carbonyl (C=O) groups excluding carboxylic acids is 2. The zero-order chi connectivity index (χ0) is 23.4. The number of hydrogen-bond donors (Lipinski definition) is 1. The smallest absolute Gasteiger partial charge is 0.339 e. The number of anilines is 1. The van der Waals surface area contributed by atoms with E-state index in [1.807, 2.05) is 4.90 Å². The summed E-state index contributed by atoms with van der Waals surface area (Å²) >= 11 is 6.08. The summed E-state index contributed by atoms with van der Waals surface area (Å²) in [6.45, 7) is 1.13. The number of pyridine rings is 2. The van der Waals surface area contributed by atoms with E-state index in [-0.39, 0.29) is 24.4 Å². The van der Waals surface area contributed by atoms with Crippen molar-refractivity contribution in [2.24, 2.45) is 0 Å². The molecule has 1 aliphatic heterocycles. The van der Waals surface area contributed by atoms with E-state index in [9.17, 15) is 14.0 Å². The number of methoxy groups -OCH3 is 1. The molecule has 8 nitrogen and oxygen atoms in total. The van der Waals surface area contributed by atoms with E-state index in [0.29, 0.717) is 46.5 Å². The summed E-state index contributed by atoms with van der Waals surface area (Å²) in [4.78, 5) is 34.7. The van der Waals surface area contributed by atoms with Crippen molar-refractivity contribution >= 4 is 29.3 Å². The first kappa shape index (κ1) is 22.5. The normalized spacial score (nSPS) is 13.2. The van der Waals surface area contributed by atoms with Crippen molar-refractivity contribution in [2.75, 3.05) is 25.1 Å². The van der Waals surface area contributed by atoms with Gasteiger partial charge >= 0.3 is 5.97 Å². The lowest BCUT2D eigenvalue weighted by atomic mass is 10.1. The van der Waals surface area contributed by atoms with Gasteiger partial charge in [-0.1, -0.05) is 17.7 Å². The van der Waals surface area contributed by atoms with Crippen LogP contribution < -0.4 is 15.0 Å². The number of rotatable bonds is 7. The molecule has 3 aromatic rings. The van der Waals surface area contributed by atoms with E-state index < -0.39 is 5.97 Å². The third kappa shape index (κ3) is 5.38. The van der Waals surface area contributed by atoms with Gasteiger partial charge in [0.1, 0.15) is 23.5 Å². The number of halogens is 2. The monoisotopic (exact) mass is 470 g/mol. The first-order chi connectivity index (χ1) is 15.9. The van der Waals surface area contributed by atoms with Crippen LogP contribution in [0.25, 0.3) is 0 Å². The van der Waals surface area contributed by atoms with Gasteiger partial charge in [0, 0.05) is 18.5 Å². The second-order valence-electron chi connectivity index (χ2n) is 7.34. The fourth-order valence-electron chi connectivity index (χ4n) is 3.30. The molecular formula is C23H20ClFN4O4. The maximum atomic E-state index is 13.3. The fourth-order valence-corrected chi connectivity index (χ4v) is 3.46. The molecule has 0 bridgehead atoms. The van der Waals surface area contributed by atoms with Gasteiger partial charge in [0.05, 0.1) is 48.6 Å². The van der Waals surface area contributed by atoms with Crippen LogP contribution in [-0.4, -0.2) is 48.1 Å². The van der Waals surface area contributed by atoms with Crippen molar-refractivity contribution in [1.82, 2.24) is 15.3 Å². The number of nitrogens with zero attached hydrogens (tertiary/aromatic N) is 3. The molecule has 1 N–H and O–H groups in total. The Morgan fingerprint density at radius 1 is 1.18 bits per heavy atom. The van der Waals surface area contributed by atoms with Crippen LogP contribution >= 0.6 is 11.6 Å². The van der Waals surface area contributed by atoms with E-state index >= 15 is 0 Å². The number of esters is 1. The van der Waals surface area contributed by atoms with Crippen LogP contribution in [0.15, 0.2) is 54.9 Å². The minimum absolute atomic E-state index is 0.150. The Labute approximate surface area is 194 Å². The van der Waals surface area contributed by atoms with Gasteiger partial charge in [0.25, 0.3) is 5.91 Å². The van der Waals surface area contributed by atoms with Crippen LogP contribution in [0.2, 0.25) is 5.02 Å². The number of benzene rings is 1. The number of amides is 1. The first-order valence-corrected chi connectivity index (χ1v) is 10.4. The third-order valence-corrected chi connectivity index (χ3v) is 5.21. The third-order valence-electron chi connectivity index (χ3n) is 5.00. The van der Waals surface area contributed by atoms with Crippen LogP contribution in [0.3, 0.4) is 0 Å². The fraction of sp³-hybridized carbons (Fsp3) is 0.217. The lowest BCUT2D eigenvalue weighted by Gasteiger charge is -2.40. The van der Waals surface area contributed by atoms with Crippen molar-refractivity contribution in [3.63, 3.8) is 0 Å². The molecule has 0 spiro atoms. The Bertz CT molecular complexity index is 1170. The van der Waals surface area contributed by atoms with Gasteiger partial charge in [-0.05, 0) is 30.3 Å². The molecule has 1 saturated heterocycles. The molecular weight excluding hydrogens is 451 g/mol. The van der Waals surface area contributed by atoms with Gasteiger partial charge in [-0.2, -0.15) is 0 Å². The van der Waals surface area contributed by atoms with Crippen LogP contribution in [0.5, 0.6) is 5.75 Å². The van der Waals surface area contributed by atoms with Gasteiger partial charge in [-0.25, -0.2) is 14.2 Å². The molecule has 0 aliphatic carbocycles. The number of ether oxygens (including phenoxy) is 2. The maximum absolute atomic E-state index is 13.3. The zero-order valence-electron chi connectivity index (χ0n) is 17.6. The first-order valence-electron chi connectivity index (χ1n) is 10.1. The number of carbonyl (C=O) groups is 2. The Morgan fingerprint density at radius 3 is 2.70 bits per heavy atom. The molecule has 3 heterocycles. The summed E-state index contributed by atoms with van der Waals surface area (Å²) in [6.07, 6.45) is 2.71. The molecule has 170 valence electrons. The molecule has 0 saturated carbocycles. The highest BCUT2D eigenvalue weighted by atomic mass is 35.5. The summed E-state index contributed by atoms with van der Waals surface area (Å²) in [5.41, 5.74) is 1.21. The van der Waals surface area contributed by atoms with Crippen molar-refractivity contribution in [2.45, 2.75) is 12.6 Å². The number of hydrogen-bond acceptors (Lipinski definition) is 7. The lowest BCUT2D eigenvalue weighted by Crippen LogP contribution is -2.54. The Balaban J connectivity index is 1.38. The highest BCUT2D eigenvalue weighted by molar-refractivity contribution is 6.31. The summed E-state index contributed by atoms with van der Waals surface area (Å²) < 4.78 is 23.8. The second-order valence-corrected chi connectivity index (χ2v) is 7.78. The van der Waals surface area contributed by atoms with Crippen molar-refractivity contribution < 1.29 is 23.5 Å². The quantitative estimate of drug-likeness (QED) is 0.530. The average Bonchev–Trinajstić information content (AvgIpc) is 2.79. The molecule has 1 aromatic carbocycles. The molecule has 1 amide bonds. The molecule has 0 unspecified atom stereocenters. The standard InChI is InChI=1S/C23H20ClFN4O4/c1-32-23(31)14-5-6-17(26-9-14)11-28-22(30)20-7-15(24)10-27-21(20)29-12-19(13-29)33-18-4-2-3-16(25)8-18/h2-10,19H,11-13H2,1H3,(H,28,30). The summed E-state index contributed by atoms with van der Waals surface area (Å²) in [7, 11) is 1.29. The van der Waals surface area contributed by atoms with Crippen LogP contribution in [-0.2, 0) is 11.3 Å². The van der Waals surface area contributed by atoms with Gasteiger partial charge in [0.15, 0.2) is 0 Å². The minimum Gasteiger partial charge on any atom is -0.487 e. The van der Waals surface area contributed by atoms with E-state index in [1.54, 1.807) is 30.3 Å². The molecule has 2 aromatic heterocycles. The Hall–Kier alpha value is -3.72. The lowest BCUT2D eigenvalue weighted by molar-refractivity contribution is 0.0600. The van der Waals surface area contributed by atoms with Gasteiger partial charge < -0.3 is 19.7 Å². The number of nitrogens with one attached hydrogen (secondary N) is 1. The van der Waals surface area contributed by atoms with Crippen molar-refractivity contribution in [1.29, 1.82) is 0 Å². The van der Waals surface area contributed by atoms with Gasteiger partial charge in [0.2, 0.25) is 0 Å². The molecule has 4 rings (SSSR count). The topological polar surface area (TPSA) is 93.6 Å². The van der Waals surface area contributed by atoms with E-state index in [1.165, 1.54) is 31.6 Å². The molecule has 10 heteroatoms. The van der Waals surface area contributed by atoms with Crippen LogP contribution in [0.4, 0.5) is 10.2 Å². The molecule has 33 heavy (non-hydrogen) atoms. The second kappa shape index (κ2) is 9.83. The average molecular weight is 471 g/mol. The largest absolute Gasteiger partial charge is 0.487 e. The van der Waals surface area contributed by atoms with Gasteiger partial charge in [-0.15, -0.1) is 0 Å². The summed E-state index contributed by atoms with van der Waals surface area (Å²) in [5, 5.41) is 3.12. The van der Waals surface area contributed by atoms with E-state index in [4.69, 9.17) is 16.3 Å². The van der Waals surface area contributed by atoms with Crippen molar-refractivity contribution in [3.8, 4) is 5.75 Å². The molecule has 0 atom stereocenters. The highest BCUT2D eigenvalue weighted by Crippen LogP contribution is 2.27. The van der Waals surface area contributed by atoms with Crippen LogP contribution in [0, 0.1) is 5.82 Å². The zero-order valence-corrected chi connectivity index (χ0v) is 18.4. The summed E-state index contributed by atoms with van der Waals surface area (Å²) in [5.74, 6) is -0.288. The number of aromatic nitrogens is 2. The Morgan fingerprint density at radius 2 is 2.00 bits per heavy atom. The van der Waals surface area contributed by atoms with E-state index in [2.05, 4.69) is 20.0 Å². The van der Waals surface area contributed by atoms with Crippen molar-refractivity contribution in [3.05, 3.63) is 82.5 Å². The molecule has 1 fully saturated rings. The SMILES string of the molecule is COC(=O)c1ccc(CNC(=O)c2cc(Cl)cnc2N2CC(Oc3cccc(F)c3)C2)nc1. The van der Waals surface area contributed by atoms with E-state index in [0.717, 1.165) is 0 Å². The predicted molar refractivity (Wildman–Crippen MR) is 119 cm³/mol. The summed E-state index contributed by atoms with van der Waals surface area (Å²) in [6, 6.07) is 10.7. The maximum Gasteiger partial charge on any atom is 0.339 e. The highest BCUT2D eigenvalue weighted by Gasteiger charge is 2.32. The van der Waals surface area contributed by atoms with Gasteiger partial charge in [-0.3, -0.25) is 9.78 Å². The molecule has 1 aliphatic rings. The molecule has 0 radical (unpaired) electrons.